The fraction of sp³-hybridized carbons (Fsp3) is 1.00. The molecular weight excluding hydrogens is 222 g/mol. The van der Waals surface area contributed by atoms with E-state index in [1.54, 1.807) is 0 Å². The molecule has 1 aliphatic heterocycles. The van der Waals surface area contributed by atoms with E-state index in [2.05, 4.69) is 26.2 Å². The molecule has 1 atom stereocenters. The largest absolute Gasteiger partial charge is 0.372 e. The quantitative estimate of drug-likeness (QED) is 0.775. The van der Waals surface area contributed by atoms with Crippen molar-refractivity contribution >= 4 is 0 Å². The van der Waals surface area contributed by atoms with Crippen LogP contribution < -0.4 is 5.32 Å². The van der Waals surface area contributed by atoms with Gasteiger partial charge in [0, 0.05) is 6.54 Å². The predicted molar refractivity (Wildman–Crippen MR) is 76.9 cm³/mol. The summed E-state index contributed by atoms with van der Waals surface area (Å²) in [6.45, 7) is 5.80. The van der Waals surface area contributed by atoms with E-state index < -0.39 is 0 Å². The molecule has 1 saturated carbocycles. The molecule has 1 spiro atoms. The van der Waals surface area contributed by atoms with Crippen LogP contribution in [0, 0.1) is 5.41 Å². The van der Waals surface area contributed by atoms with Crippen LogP contribution in [-0.2, 0) is 4.74 Å². The lowest BCUT2D eigenvalue weighted by Gasteiger charge is -2.35. The molecule has 2 nitrogen and oxygen atoms in total. The minimum atomic E-state index is 0.303. The summed E-state index contributed by atoms with van der Waals surface area (Å²) < 4.78 is 6.49. The van der Waals surface area contributed by atoms with Gasteiger partial charge in [-0.3, -0.25) is 0 Å². The Hall–Kier alpha value is -0.0800. The zero-order valence-electron chi connectivity index (χ0n) is 12.6. The molecule has 0 aromatic heterocycles. The van der Waals surface area contributed by atoms with Crippen LogP contribution in [0.2, 0.25) is 0 Å². The van der Waals surface area contributed by atoms with Crippen molar-refractivity contribution in [3.63, 3.8) is 0 Å². The van der Waals surface area contributed by atoms with Gasteiger partial charge in [0.25, 0.3) is 0 Å². The Morgan fingerprint density at radius 3 is 2.39 bits per heavy atom. The van der Waals surface area contributed by atoms with E-state index >= 15 is 0 Å². The van der Waals surface area contributed by atoms with E-state index in [1.165, 1.54) is 57.8 Å². The van der Waals surface area contributed by atoms with E-state index in [1.807, 2.05) is 0 Å². The highest BCUT2D eigenvalue weighted by molar-refractivity contribution is 4.95. The summed E-state index contributed by atoms with van der Waals surface area (Å²) in [7, 11) is 2.08. The van der Waals surface area contributed by atoms with Gasteiger partial charge in [-0.25, -0.2) is 0 Å². The highest BCUT2D eigenvalue weighted by Gasteiger charge is 2.44. The molecule has 1 saturated heterocycles. The predicted octanol–water partition coefficient (Wildman–Crippen LogP) is 3.89. The van der Waals surface area contributed by atoms with Gasteiger partial charge >= 0.3 is 0 Å². The molecular formula is C16H31NO. The van der Waals surface area contributed by atoms with Crippen LogP contribution >= 0.6 is 0 Å². The fourth-order valence-corrected chi connectivity index (χ4v) is 4.15. The summed E-state index contributed by atoms with van der Waals surface area (Å²) >= 11 is 0. The van der Waals surface area contributed by atoms with Crippen LogP contribution in [0.1, 0.15) is 71.6 Å². The Morgan fingerprint density at radius 1 is 1.17 bits per heavy atom. The second kappa shape index (κ2) is 5.92. The molecule has 1 N–H and O–H groups in total. The lowest BCUT2D eigenvalue weighted by molar-refractivity contribution is -0.0543. The molecule has 2 rings (SSSR count). The first kappa shape index (κ1) is 14.3. The van der Waals surface area contributed by atoms with Crippen molar-refractivity contribution < 1.29 is 4.74 Å². The molecule has 2 heteroatoms. The van der Waals surface area contributed by atoms with Gasteiger partial charge in [0.15, 0.2) is 0 Å². The van der Waals surface area contributed by atoms with Crippen molar-refractivity contribution in [2.24, 2.45) is 5.41 Å². The molecule has 2 fully saturated rings. The van der Waals surface area contributed by atoms with Gasteiger partial charge in [-0.2, -0.15) is 0 Å². The number of ether oxygens (including phenoxy) is 1. The Bertz CT molecular complexity index is 254. The van der Waals surface area contributed by atoms with Gasteiger partial charge in [-0.15, -0.1) is 0 Å². The third-order valence-electron chi connectivity index (χ3n) is 5.57. The SMILES string of the molecule is CCC(CC)(CNC)CC1CCC2(CCCC2)O1. The van der Waals surface area contributed by atoms with Crippen LogP contribution in [-0.4, -0.2) is 25.3 Å². The van der Waals surface area contributed by atoms with Crippen molar-refractivity contribution in [2.75, 3.05) is 13.6 Å². The highest BCUT2D eigenvalue weighted by Crippen LogP contribution is 2.46. The zero-order chi connectivity index (χ0) is 13.1. The molecule has 106 valence electrons. The molecule has 0 amide bonds. The van der Waals surface area contributed by atoms with E-state index in [0.29, 0.717) is 17.1 Å². The second-order valence-electron chi connectivity index (χ2n) is 6.61. The van der Waals surface area contributed by atoms with Crippen molar-refractivity contribution in [2.45, 2.75) is 83.3 Å². The average molecular weight is 253 g/mol. The Kier molecular flexibility index (Phi) is 4.71. The maximum Gasteiger partial charge on any atom is 0.0687 e. The minimum Gasteiger partial charge on any atom is -0.372 e. The Balaban J connectivity index is 1.92. The number of hydrogen-bond acceptors (Lipinski definition) is 2. The summed E-state index contributed by atoms with van der Waals surface area (Å²) in [5, 5.41) is 3.39. The topological polar surface area (TPSA) is 21.3 Å². The van der Waals surface area contributed by atoms with E-state index in [4.69, 9.17) is 4.74 Å². The first-order chi connectivity index (χ1) is 8.67. The van der Waals surface area contributed by atoms with E-state index in [-0.39, 0.29) is 0 Å². The zero-order valence-corrected chi connectivity index (χ0v) is 12.6. The molecule has 1 aliphatic carbocycles. The Labute approximate surface area is 113 Å². The number of nitrogens with one attached hydrogen (secondary N) is 1. The normalized spacial score (nSPS) is 27.2. The summed E-state index contributed by atoms with van der Waals surface area (Å²) in [6.07, 6.45) is 12.3. The van der Waals surface area contributed by atoms with Crippen LogP contribution in [0.3, 0.4) is 0 Å². The van der Waals surface area contributed by atoms with Gasteiger partial charge in [-0.05, 0) is 57.4 Å². The van der Waals surface area contributed by atoms with Gasteiger partial charge in [0.1, 0.15) is 0 Å². The fourth-order valence-electron chi connectivity index (χ4n) is 4.15. The Morgan fingerprint density at radius 2 is 1.83 bits per heavy atom. The smallest absolute Gasteiger partial charge is 0.0687 e. The maximum atomic E-state index is 6.49. The number of rotatable bonds is 6. The molecule has 0 aromatic rings. The lowest BCUT2D eigenvalue weighted by Crippen LogP contribution is -2.36. The summed E-state index contributed by atoms with van der Waals surface area (Å²) in [5.41, 5.74) is 0.751. The first-order valence-electron chi connectivity index (χ1n) is 8.00. The monoisotopic (exact) mass is 253 g/mol. The first-order valence-corrected chi connectivity index (χ1v) is 8.00. The summed E-state index contributed by atoms with van der Waals surface area (Å²) in [5.74, 6) is 0. The van der Waals surface area contributed by atoms with Gasteiger partial charge < -0.3 is 10.1 Å². The molecule has 0 radical (unpaired) electrons. The molecule has 0 bridgehead atoms. The van der Waals surface area contributed by atoms with Crippen LogP contribution in [0.25, 0.3) is 0 Å². The number of hydrogen-bond donors (Lipinski definition) is 1. The average Bonchev–Trinajstić information content (AvgIpc) is 3.00. The van der Waals surface area contributed by atoms with Crippen molar-refractivity contribution in [1.82, 2.24) is 5.32 Å². The summed E-state index contributed by atoms with van der Waals surface area (Å²) in [6, 6.07) is 0. The van der Waals surface area contributed by atoms with Crippen LogP contribution in [0.4, 0.5) is 0 Å². The van der Waals surface area contributed by atoms with Crippen molar-refractivity contribution in [3.05, 3.63) is 0 Å². The van der Waals surface area contributed by atoms with Gasteiger partial charge in [0.05, 0.1) is 11.7 Å². The molecule has 2 aliphatic rings. The van der Waals surface area contributed by atoms with Crippen LogP contribution in [0.5, 0.6) is 0 Å². The highest BCUT2D eigenvalue weighted by atomic mass is 16.5. The third-order valence-corrected chi connectivity index (χ3v) is 5.57. The maximum absolute atomic E-state index is 6.49. The summed E-state index contributed by atoms with van der Waals surface area (Å²) in [4.78, 5) is 0. The van der Waals surface area contributed by atoms with Gasteiger partial charge in [0.2, 0.25) is 0 Å². The molecule has 1 heterocycles. The molecule has 0 aromatic carbocycles. The van der Waals surface area contributed by atoms with E-state index in [0.717, 1.165) is 6.54 Å². The van der Waals surface area contributed by atoms with Crippen molar-refractivity contribution in [3.8, 4) is 0 Å². The third kappa shape index (κ3) is 2.91. The molecule has 1 unspecified atom stereocenters. The van der Waals surface area contributed by atoms with Crippen molar-refractivity contribution in [1.29, 1.82) is 0 Å². The van der Waals surface area contributed by atoms with Gasteiger partial charge in [-0.1, -0.05) is 26.7 Å². The lowest BCUT2D eigenvalue weighted by atomic mass is 9.77. The standard InChI is InChI=1S/C16H31NO/c1-4-15(5-2,13-17-3)12-14-8-11-16(18-14)9-6-7-10-16/h14,17H,4-13H2,1-3H3. The second-order valence-corrected chi connectivity index (χ2v) is 6.61. The molecule has 18 heavy (non-hydrogen) atoms. The minimum absolute atomic E-state index is 0.303. The van der Waals surface area contributed by atoms with Crippen LogP contribution in [0.15, 0.2) is 0 Å². The van der Waals surface area contributed by atoms with E-state index in [9.17, 15) is 0 Å².